The van der Waals surface area contributed by atoms with Gasteiger partial charge in [-0.05, 0) is 37.8 Å². The molecule has 1 atom stereocenters. The second-order valence-corrected chi connectivity index (χ2v) is 8.13. The van der Waals surface area contributed by atoms with E-state index in [2.05, 4.69) is 23.7 Å². The highest BCUT2D eigenvalue weighted by molar-refractivity contribution is 7.89. The number of aromatic nitrogens is 2. The molecule has 0 saturated carbocycles. The smallest absolute Gasteiger partial charge is 0.244 e. The summed E-state index contributed by atoms with van der Waals surface area (Å²) in [5.41, 5.74) is 2.18. The minimum atomic E-state index is -3.58. The van der Waals surface area contributed by atoms with E-state index in [9.17, 15) is 8.42 Å². The first-order valence-electron chi connectivity index (χ1n) is 7.87. The van der Waals surface area contributed by atoms with Gasteiger partial charge in [0.25, 0.3) is 0 Å². The molecule has 0 radical (unpaired) electrons. The molecule has 1 aromatic heterocycles. The monoisotopic (exact) mass is 335 g/mol. The first-order valence-corrected chi connectivity index (χ1v) is 9.35. The zero-order chi connectivity index (χ0) is 17.2. The van der Waals surface area contributed by atoms with Gasteiger partial charge in [-0.1, -0.05) is 38.1 Å². The van der Waals surface area contributed by atoms with Gasteiger partial charge in [-0.2, -0.15) is 5.10 Å². The molecule has 0 aliphatic carbocycles. The Labute approximate surface area is 138 Å². The van der Waals surface area contributed by atoms with E-state index < -0.39 is 10.0 Å². The van der Waals surface area contributed by atoms with Crippen molar-refractivity contribution in [3.63, 3.8) is 0 Å². The Balaban J connectivity index is 2.15. The average molecular weight is 335 g/mol. The molecular formula is C17H25N3O2S. The quantitative estimate of drug-likeness (QED) is 0.877. The number of rotatable bonds is 6. The standard InChI is InChI=1S/C17H25N3O2S/c1-12(2)15-6-8-16(9-7-15)14(5)19-23(21,22)17-10-18-20(11-17)13(3)4/h6-14,19H,1-5H3/t14-/m1/s1. The molecule has 6 heteroatoms. The molecule has 1 heterocycles. The Morgan fingerprint density at radius 2 is 1.57 bits per heavy atom. The van der Waals surface area contributed by atoms with Gasteiger partial charge in [0.05, 0.1) is 6.20 Å². The number of nitrogens with one attached hydrogen (secondary N) is 1. The second kappa shape index (κ2) is 6.84. The fourth-order valence-electron chi connectivity index (χ4n) is 2.28. The molecule has 1 aromatic carbocycles. The molecule has 126 valence electrons. The summed E-state index contributed by atoms with van der Waals surface area (Å²) in [6.07, 6.45) is 2.94. The topological polar surface area (TPSA) is 64.0 Å². The fraction of sp³-hybridized carbons (Fsp3) is 0.471. The summed E-state index contributed by atoms with van der Waals surface area (Å²) >= 11 is 0. The summed E-state index contributed by atoms with van der Waals surface area (Å²) in [7, 11) is -3.58. The van der Waals surface area contributed by atoms with Crippen LogP contribution in [0.1, 0.15) is 63.7 Å². The molecule has 0 bridgehead atoms. The Kier molecular flexibility index (Phi) is 5.26. The predicted octanol–water partition coefficient (Wildman–Crippen LogP) is 3.63. The third-order valence-electron chi connectivity index (χ3n) is 3.85. The molecule has 0 aliphatic heterocycles. The highest BCUT2D eigenvalue weighted by Crippen LogP contribution is 2.20. The number of nitrogens with zero attached hydrogens (tertiary/aromatic N) is 2. The van der Waals surface area contributed by atoms with E-state index in [1.54, 1.807) is 10.9 Å². The number of benzene rings is 1. The first kappa shape index (κ1) is 17.7. The lowest BCUT2D eigenvalue weighted by Crippen LogP contribution is -2.26. The first-order chi connectivity index (χ1) is 10.7. The molecule has 0 saturated heterocycles. The lowest BCUT2D eigenvalue weighted by Gasteiger charge is -2.15. The SMILES string of the molecule is CC(C)c1ccc([C@@H](C)NS(=O)(=O)c2cnn(C(C)C)c2)cc1. The van der Waals surface area contributed by atoms with Crippen molar-refractivity contribution in [2.24, 2.45) is 0 Å². The van der Waals surface area contributed by atoms with Crippen molar-refractivity contribution in [2.45, 2.75) is 57.5 Å². The maximum Gasteiger partial charge on any atom is 0.244 e. The number of hydrogen-bond acceptors (Lipinski definition) is 3. The van der Waals surface area contributed by atoms with Crippen molar-refractivity contribution in [2.75, 3.05) is 0 Å². The minimum Gasteiger partial charge on any atom is -0.269 e. The molecule has 1 N–H and O–H groups in total. The van der Waals surface area contributed by atoms with Crippen molar-refractivity contribution in [1.82, 2.24) is 14.5 Å². The van der Waals surface area contributed by atoms with Crippen LogP contribution in [0.25, 0.3) is 0 Å². The molecule has 0 unspecified atom stereocenters. The van der Waals surface area contributed by atoms with Crippen molar-refractivity contribution in [1.29, 1.82) is 0 Å². The summed E-state index contributed by atoms with van der Waals surface area (Å²) in [5.74, 6) is 0.456. The lowest BCUT2D eigenvalue weighted by molar-refractivity contribution is 0.530. The van der Waals surface area contributed by atoms with Crippen molar-refractivity contribution < 1.29 is 8.42 Å². The minimum absolute atomic E-state index is 0.125. The van der Waals surface area contributed by atoms with Crippen molar-refractivity contribution in [3.8, 4) is 0 Å². The van der Waals surface area contributed by atoms with Crippen LogP contribution < -0.4 is 4.72 Å². The van der Waals surface area contributed by atoms with Gasteiger partial charge in [-0.25, -0.2) is 13.1 Å². The number of sulfonamides is 1. The van der Waals surface area contributed by atoms with Gasteiger partial charge < -0.3 is 0 Å². The molecule has 2 aromatic rings. The van der Waals surface area contributed by atoms with Gasteiger partial charge in [-0.3, -0.25) is 4.68 Å². The predicted molar refractivity (Wildman–Crippen MR) is 91.9 cm³/mol. The molecule has 0 amide bonds. The maximum absolute atomic E-state index is 12.5. The molecule has 2 rings (SSSR count). The van der Waals surface area contributed by atoms with E-state index in [1.807, 2.05) is 45.0 Å². The maximum atomic E-state index is 12.5. The van der Waals surface area contributed by atoms with Crippen LogP contribution in [-0.4, -0.2) is 18.2 Å². The summed E-state index contributed by atoms with van der Waals surface area (Å²) in [6.45, 7) is 10.0. The van der Waals surface area contributed by atoms with Crippen molar-refractivity contribution >= 4 is 10.0 Å². The molecule has 5 nitrogen and oxygen atoms in total. The number of hydrogen-bond donors (Lipinski definition) is 1. The second-order valence-electron chi connectivity index (χ2n) is 6.41. The van der Waals surface area contributed by atoms with Crippen LogP contribution in [0.4, 0.5) is 0 Å². The Morgan fingerprint density at radius 3 is 2.04 bits per heavy atom. The van der Waals surface area contributed by atoms with E-state index in [0.717, 1.165) is 5.56 Å². The lowest BCUT2D eigenvalue weighted by atomic mass is 10.00. The van der Waals surface area contributed by atoms with Crippen LogP contribution in [0.15, 0.2) is 41.6 Å². The van der Waals surface area contributed by atoms with E-state index in [4.69, 9.17) is 0 Å². The largest absolute Gasteiger partial charge is 0.269 e. The van der Waals surface area contributed by atoms with Gasteiger partial charge in [0.2, 0.25) is 10.0 Å². The normalized spacial score (nSPS) is 13.7. The molecule has 0 spiro atoms. The highest BCUT2D eigenvalue weighted by atomic mass is 32.2. The fourth-order valence-corrected chi connectivity index (χ4v) is 3.45. The van der Waals surface area contributed by atoms with Crippen LogP contribution in [0.5, 0.6) is 0 Å². The summed E-state index contributed by atoms with van der Waals surface area (Å²) < 4.78 is 29.3. The third kappa shape index (κ3) is 4.20. The summed E-state index contributed by atoms with van der Waals surface area (Å²) in [5, 5.41) is 4.09. The average Bonchev–Trinajstić information content (AvgIpc) is 2.97. The van der Waals surface area contributed by atoms with Crippen molar-refractivity contribution in [3.05, 3.63) is 47.8 Å². The summed E-state index contributed by atoms with van der Waals surface area (Å²) in [6, 6.07) is 7.85. The van der Waals surface area contributed by atoms with Crippen LogP contribution in [0.2, 0.25) is 0 Å². The van der Waals surface area contributed by atoms with E-state index in [-0.39, 0.29) is 17.0 Å². The third-order valence-corrected chi connectivity index (χ3v) is 5.35. The van der Waals surface area contributed by atoms with E-state index >= 15 is 0 Å². The highest BCUT2D eigenvalue weighted by Gasteiger charge is 2.20. The Morgan fingerprint density at radius 1 is 1.00 bits per heavy atom. The van der Waals surface area contributed by atoms with E-state index in [0.29, 0.717) is 5.92 Å². The van der Waals surface area contributed by atoms with Crippen LogP contribution in [-0.2, 0) is 10.0 Å². The molecule has 23 heavy (non-hydrogen) atoms. The molecule has 0 aliphatic rings. The van der Waals surface area contributed by atoms with E-state index in [1.165, 1.54) is 11.8 Å². The Hall–Kier alpha value is -1.66. The molecule has 0 fully saturated rings. The zero-order valence-electron chi connectivity index (χ0n) is 14.3. The van der Waals surface area contributed by atoms with Crippen LogP contribution in [0.3, 0.4) is 0 Å². The van der Waals surface area contributed by atoms with Gasteiger partial charge in [0.15, 0.2) is 0 Å². The summed E-state index contributed by atoms with van der Waals surface area (Å²) in [4.78, 5) is 0.192. The Bertz CT molecular complexity index is 746. The van der Waals surface area contributed by atoms with Gasteiger partial charge >= 0.3 is 0 Å². The van der Waals surface area contributed by atoms with Crippen LogP contribution in [0, 0.1) is 0 Å². The van der Waals surface area contributed by atoms with Gasteiger partial charge in [0.1, 0.15) is 4.90 Å². The molecular weight excluding hydrogens is 310 g/mol. The van der Waals surface area contributed by atoms with Crippen LogP contribution >= 0.6 is 0 Å². The van der Waals surface area contributed by atoms with Gasteiger partial charge in [-0.15, -0.1) is 0 Å². The zero-order valence-corrected chi connectivity index (χ0v) is 15.1. The van der Waals surface area contributed by atoms with Gasteiger partial charge in [0, 0.05) is 18.3 Å².